The van der Waals surface area contributed by atoms with Crippen LogP contribution in [0.1, 0.15) is 19.3 Å². The lowest BCUT2D eigenvalue weighted by molar-refractivity contribution is -0.114. The third-order valence-corrected chi connectivity index (χ3v) is 2.20. The number of hydrogen-bond acceptors (Lipinski definition) is 3. The van der Waals surface area contributed by atoms with Crippen LogP contribution in [0.25, 0.3) is 0 Å². The average Bonchev–Trinajstić information content (AvgIpc) is 2.09. The van der Waals surface area contributed by atoms with E-state index in [9.17, 15) is 4.79 Å². The van der Waals surface area contributed by atoms with Gasteiger partial charge in [0, 0.05) is 0 Å². The molecule has 1 fully saturated rings. The van der Waals surface area contributed by atoms with Gasteiger partial charge in [0.2, 0.25) is 0 Å². The van der Waals surface area contributed by atoms with Crippen LogP contribution < -0.4 is 0 Å². The summed E-state index contributed by atoms with van der Waals surface area (Å²) in [7, 11) is 0. The van der Waals surface area contributed by atoms with Gasteiger partial charge in [-0.15, -0.1) is 0 Å². The first-order chi connectivity index (χ1) is 5.38. The first-order valence-electron chi connectivity index (χ1n) is 4.18. The van der Waals surface area contributed by atoms with Crippen LogP contribution in [0.3, 0.4) is 0 Å². The number of aldehydes is 1. The van der Waals surface area contributed by atoms with Crippen LogP contribution in [0.4, 0.5) is 0 Å². The van der Waals surface area contributed by atoms with Gasteiger partial charge >= 0.3 is 0 Å². The van der Waals surface area contributed by atoms with Crippen molar-refractivity contribution in [3.8, 4) is 0 Å². The molecule has 0 amide bonds. The van der Waals surface area contributed by atoms with Gasteiger partial charge in [-0.05, 0) is 25.9 Å². The van der Waals surface area contributed by atoms with E-state index in [1.54, 1.807) is 0 Å². The Morgan fingerprint density at radius 1 is 1.36 bits per heavy atom. The van der Waals surface area contributed by atoms with Crippen molar-refractivity contribution in [1.82, 2.24) is 4.90 Å². The Morgan fingerprint density at radius 3 is 2.45 bits per heavy atom. The minimum absolute atomic E-state index is 0.0382. The van der Waals surface area contributed by atoms with Gasteiger partial charge in [-0.3, -0.25) is 4.90 Å². The van der Waals surface area contributed by atoms with Gasteiger partial charge in [0.1, 0.15) is 6.29 Å². The van der Waals surface area contributed by atoms with Gasteiger partial charge in [0.05, 0.1) is 12.6 Å². The predicted octanol–water partition coefficient (Wildman–Crippen LogP) is 0.0321. The Balaban J connectivity index is 2.35. The van der Waals surface area contributed by atoms with Crippen molar-refractivity contribution in [2.45, 2.75) is 25.3 Å². The molecule has 1 aliphatic heterocycles. The molecular formula is C8H15NO2. The molecule has 0 aromatic rings. The predicted molar refractivity (Wildman–Crippen MR) is 42.4 cm³/mol. The number of carbonyl (C=O) groups is 1. The minimum Gasteiger partial charge on any atom is -0.394 e. The molecule has 0 saturated carbocycles. The standard InChI is InChI=1S/C8H15NO2/c10-6-8(7-11)9-4-2-1-3-5-9/h6,8,11H,1-5,7H2. The van der Waals surface area contributed by atoms with Crippen LogP contribution in [-0.4, -0.2) is 42.0 Å². The lowest BCUT2D eigenvalue weighted by atomic mass is 10.1. The molecule has 64 valence electrons. The lowest BCUT2D eigenvalue weighted by Gasteiger charge is -2.29. The summed E-state index contributed by atoms with van der Waals surface area (Å²) < 4.78 is 0. The van der Waals surface area contributed by atoms with Crippen molar-refractivity contribution >= 4 is 6.29 Å². The molecule has 1 aliphatic rings. The molecule has 1 heterocycles. The second kappa shape index (κ2) is 4.46. The van der Waals surface area contributed by atoms with Crippen molar-refractivity contribution < 1.29 is 9.90 Å². The Kier molecular flexibility index (Phi) is 3.52. The first-order valence-corrected chi connectivity index (χ1v) is 4.18. The number of carbonyl (C=O) groups excluding carboxylic acids is 1. The molecule has 0 bridgehead atoms. The molecule has 3 nitrogen and oxygen atoms in total. The summed E-state index contributed by atoms with van der Waals surface area (Å²) in [6.45, 7) is 1.89. The largest absolute Gasteiger partial charge is 0.394 e. The summed E-state index contributed by atoms with van der Waals surface area (Å²) in [5.41, 5.74) is 0. The zero-order valence-electron chi connectivity index (χ0n) is 6.70. The molecule has 1 atom stereocenters. The van der Waals surface area contributed by atoms with Crippen LogP contribution >= 0.6 is 0 Å². The number of piperidine rings is 1. The molecule has 1 saturated heterocycles. The van der Waals surface area contributed by atoms with E-state index in [4.69, 9.17) is 5.11 Å². The first kappa shape index (κ1) is 8.68. The number of nitrogens with zero attached hydrogens (tertiary/aromatic N) is 1. The molecule has 1 unspecified atom stereocenters. The van der Waals surface area contributed by atoms with Gasteiger partial charge in [-0.1, -0.05) is 6.42 Å². The second-order valence-electron chi connectivity index (χ2n) is 2.98. The topological polar surface area (TPSA) is 40.5 Å². The van der Waals surface area contributed by atoms with Gasteiger partial charge in [0.15, 0.2) is 0 Å². The Hall–Kier alpha value is -0.410. The maximum atomic E-state index is 10.4. The van der Waals surface area contributed by atoms with Crippen LogP contribution in [0, 0.1) is 0 Å². The van der Waals surface area contributed by atoms with Crippen molar-refractivity contribution in [1.29, 1.82) is 0 Å². The summed E-state index contributed by atoms with van der Waals surface area (Å²) in [6.07, 6.45) is 4.41. The number of hydrogen-bond donors (Lipinski definition) is 1. The van der Waals surface area contributed by atoms with Crippen LogP contribution in [-0.2, 0) is 4.79 Å². The highest BCUT2D eigenvalue weighted by molar-refractivity contribution is 5.57. The van der Waals surface area contributed by atoms with Crippen molar-refractivity contribution in [3.05, 3.63) is 0 Å². The van der Waals surface area contributed by atoms with E-state index in [1.165, 1.54) is 6.42 Å². The van der Waals surface area contributed by atoms with Crippen molar-refractivity contribution in [2.24, 2.45) is 0 Å². The Morgan fingerprint density at radius 2 is 2.00 bits per heavy atom. The molecular weight excluding hydrogens is 142 g/mol. The summed E-state index contributed by atoms with van der Waals surface area (Å²) in [5.74, 6) is 0. The number of rotatable bonds is 3. The maximum absolute atomic E-state index is 10.4. The highest BCUT2D eigenvalue weighted by atomic mass is 16.3. The summed E-state index contributed by atoms with van der Waals surface area (Å²) in [5, 5.41) is 8.81. The maximum Gasteiger partial charge on any atom is 0.139 e. The van der Waals surface area contributed by atoms with Gasteiger partial charge in [0.25, 0.3) is 0 Å². The van der Waals surface area contributed by atoms with E-state index in [0.29, 0.717) is 0 Å². The molecule has 0 aliphatic carbocycles. The molecule has 11 heavy (non-hydrogen) atoms. The van der Waals surface area contributed by atoms with Crippen molar-refractivity contribution in [3.63, 3.8) is 0 Å². The monoisotopic (exact) mass is 157 g/mol. The number of likely N-dealkylation sites (tertiary alicyclic amines) is 1. The van der Waals surface area contributed by atoms with E-state index in [2.05, 4.69) is 4.90 Å². The third-order valence-electron chi connectivity index (χ3n) is 2.20. The summed E-state index contributed by atoms with van der Waals surface area (Å²) in [6, 6.07) is -0.254. The molecule has 1 N–H and O–H groups in total. The Bertz CT molecular complexity index is 121. The number of aliphatic hydroxyl groups excluding tert-OH is 1. The van der Waals surface area contributed by atoms with Gasteiger partial charge in [-0.25, -0.2) is 0 Å². The average molecular weight is 157 g/mol. The van der Waals surface area contributed by atoms with E-state index in [0.717, 1.165) is 32.2 Å². The normalized spacial score (nSPS) is 23.0. The lowest BCUT2D eigenvalue weighted by Crippen LogP contribution is -2.42. The van der Waals surface area contributed by atoms with E-state index in [-0.39, 0.29) is 12.6 Å². The molecule has 0 radical (unpaired) electrons. The summed E-state index contributed by atoms with van der Waals surface area (Å²) in [4.78, 5) is 12.5. The van der Waals surface area contributed by atoms with Crippen LogP contribution in [0.2, 0.25) is 0 Å². The molecule has 1 rings (SSSR count). The molecule has 0 spiro atoms. The zero-order valence-corrected chi connectivity index (χ0v) is 6.70. The highest BCUT2D eigenvalue weighted by Gasteiger charge is 2.18. The van der Waals surface area contributed by atoms with Crippen LogP contribution in [0.5, 0.6) is 0 Å². The fraction of sp³-hybridized carbons (Fsp3) is 0.875. The second-order valence-corrected chi connectivity index (χ2v) is 2.98. The zero-order chi connectivity index (χ0) is 8.10. The fourth-order valence-corrected chi connectivity index (χ4v) is 1.49. The van der Waals surface area contributed by atoms with Crippen LogP contribution in [0.15, 0.2) is 0 Å². The molecule has 3 heteroatoms. The van der Waals surface area contributed by atoms with E-state index >= 15 is 0 Å². The minimum atomic E-state index is -0.254. The Labute approximate surface area is 67.0 Å². The quantitative estimate of drug-likeness (QED) is 0.588. The SMILES string of the molecule is O=CC(CO)N1CCCCC1. The highest BCUT2D eigenvalue weighted by Crippen LogP contribution is 2.10. The summed E-state index contributed by atoms with van der Waals surface area (Å²) >= 11 is 0. The van der Waals surface area contributed by atoms with E-state index in [1.807, 2.05) is 0 Å². The van der Waals surface area contributed by atoms with E-state index < -0.39 is 0 Å². The van der Waals surface area contributed by atoms with Gasteiger partial charge in [-0.2, -0.15) is 0 Å². The van der Waals surface area contributed by atoms with Crippen molar-refractivity contribution in [2.75, 3.05) is 19.7 Å². The third kappa shape index (κ3) is 2.27. The number of aliphatic hydroxyl groups is 1. The van der Waals surface area contributed by atoms with Gasteiger partial charge < -0.3 is 9.90 Å². The smallest absolute Gasteiger partial charge is 0.139 e. The molecule has 0 aromatic heterocycles. The fourth-order valence-electron chi connectivity index (χ4n) is 1.49. The molecule has 0 aromatic carbocycles.